The topological polar surface area (TPSA) is 97.6 Å². The number of imidazole rings is 1. The van der Waals surface area contributed by atoms with Crippen molar-refractivity contribution in [1.82, 2.24) is 14.5 Å². The first-order valence-electron chi connectivity index (χ1n) is 9.07. The van der Waals surface area contributed by atoms with Crippen LogP contribution in [0.3, 0.4) is 0 Å². The number of benzene rings is 1. The lowest BCUT2D eigenvalue weighted by Gasteiger charge is -2.22. The summed E-state index contributed by atoms with van der Waals surface area (Å²) in [6.45, 7) is 3.56. The van der Waals surface area contributed by atoms with Gasteiger partial charge in [0.15, 0.2) is 0 Å². The Hall–Kier alpha value is -2.97. The van der Waals surface area contributed by atoms with Gasteiger partial charge in [-0.3, -0.25) is 13.9 Å². The van der Waals surface area contributed by atoms with Gasteiger partial charge in [-0.1, -0.05) is 0 Å². The van der Waals surface area contributed by atoms with E-state index in [0.717, 1.165) is 42.7 Å². The molecule has 1 aromatic heterocycles. The van der Waals surface area contributed by atoms with E-state index >= 15 is 0 Å². The van der Waals surface area contributed by atoms with Crippen LogP contribution in [0.4, 0.5) is 16.2 Å². The highest BCUT2D eigenvalue weighted by Gasteiger charge is 2.20. The Balaban J connectivity index is 1.91. The third kappa shape index (κ3) is 3.76. The lowest BCUT2D eigenvalue weighted by molar-refractivity contribution is -0.141. The molecule has 27 heavy (non-hydrogen) atoms. The van der Waals surface area contributed by atoms with Crippen molar-refractivity contribution in [3.63, 3.8) is 0 Å². The molecule has 2 heterocycles. The zero-order chi connectivity index (χ0) is 19.6. The van der Waals surface area contributed by atoms with Gasteiger partial charge in [0.2, 0.25) is 0 Å². The first-order chi connectivity index (χ1) is 12.9. The highest BCUT2D eigenvalue weighted by molar-refractivity contribution is 5.98. The van der Waals surface area contributed by atoms with Gasteiger partial charge in [-0.05, 0) is 31.9 Å². The number of aryl methyl sites for hydroxylation is 2. The summed E-state index contributed by atoms with van der Waals surface area (Å²) in [5.74, 6) is -0.492. The van der Waals surface area contributed by atoms with Crippen LogP contribution in [-0.4, -0.2) is 47.4 Å². The molecular formula is C18H25N5O4. The molecule has 1 aliphatic rings. The van der Waals surface area contributed by atoms with Gasteiger partial charge >= 0.3 is 17.7 Å². The number of anilines is 2. The quantitative estimate of drug-likeness (QED) is 0.765. The molecule has 1 aromatic carbocycles. The first kappa shape index (κ1) is 18.8. The molecule has 0 aliphatic carbocycles. The third-order valence-electron chi connectivity index (χ3n) is 4.78. The predicted molar refractivity (Wildman–Crippen MR) is 103 cm³/mol. The first-order valence-corrected chi connectivity index (χ1v) is 9.07. The number of rotatable bonds is 5. The summed E-state index contributed by atoms with van der Waals surface area (Å²) in [5, 5.41) is 5.30. The molecule has 3 rings (SSSR count). The van der Waals surface area contributed by atoms with E-state index in [4.69, 9.17) is 4.74 Å². The van der Waals surface area contributed by atoms with Crippen molar-refractivity contribution in [3.05, 3.63) is 22.6 Å². The van der Waals surface area contributed by atoms with E-state index in [2.05, 4.69) is 15.5 Å². The number of nitrogens with one attached hydrogen (secondary N) is 2. The van der Waals surface area contributed by atoms with Gasteiger partial charge in [0.05, 0.1) is 29.0 Å². The maximum atomic E-state index is 12.3. The molecule has 0 radical (unpaired) electrons. The fraction of sp³-hybridized carbons (Fsp3) is 0.500. The minimum absolute atomic E-state index is 0.124. The second-order valence-electron chi connectivity index (χ2n) is 6.57. The lowest BCUT2D eigenvalue weighted by atomic mass is 10.2. The Morgan fingerprint density at radius 3 is 2.37 bits per heavy atom. The Bertz CT molecular complexity index is 924. The normalized spacial score (nSPS) is 13.8. The average Bonchev–Trinajstić information content (AvgIpc) is 3.24. The maximum Gasteiger partial charge on any atom is 0.328 e. The summed E-state index contributed by atoms with van der Waals surface area (Å²) in [6.07, 6.45) is 2.17. The van der Waals surface area contributed by atoms with E-state index in [-0.39, 0.29) is 18.8 Å². The second-order valence-corrected chi connectivity index (χ2v) is 6.57. The van der Waals surface area contributed by atoms with Gasteiger partial charge in [0.25, 0.3) is 0 Å². The monoisotopic (exact) mass is 375 g/mol. The third-order valence-corrected chi connectivity index (χ3v) is 4.78. The highest BCUT2D eigenvalue weighted by Crippen LogP contribution is 2.33. The van der Waals surface area contributed by atoms with Crippen LogP contribution in [0, 0.1) is 0 Å². The van der Waals surface area contributed by atoms with E-state index in [1.165, 1.54) is 0 Å². The Labute approximate surface area is 156 Å². The van der Waals surface area contributed by atoms with E-state index in [0.29, 0.717) is 5.69 Å². The van der Waals surface area contributed by atoms with Crippen molar-refractivity contribution in [2.45, 2.75) is 19.8 Å². The number of carbonyl (C=O) groups excluding carboxylic acids is 2. The number of amides is 2. The predicted octanol–water partition coefficient (Wildman–Crippen LogP) is 1.16. The van der Waals surface area contributed by atoms with Crippen LogP contribution in [0.2, 0.25) is 0 Å². The van der Waals surface area contributed by atoms with E-state index < -0.39 is 12.0 Å². The molecule has 0 atom stereocenters. The van der Waals surface area contributed by atoms with Crippen LogP contribution in [-0.2, 0) is 23.6 Å². The Morgan fingerprint density at radius 2 is 1.74 bits per heavy atom. The molecule has 9 heteroatoms. The van der Waals surface area contributed by atoms with Crippen molar-refractivity contribution in [2.75, 3.05) is 36.5 Å². The fourth-order valence-electron chi connectivity index (χ4n) is 3.38. The SMILES string of the molecule is CCOC(=O)CNC(=O)Nc1cc2c(cc1N1CCCC1)n(C)c(=O)n2C. The van der Waals surface area contributed by atoms with Crippen molar-refractivity contribution < 1.29 is 14.3 Å². The summed E-state index contributed by atoms with van der Waals surface area (Å²) < 4.78 is 7.95. The van der Waals surface area contributed by atoms with Crippen molar-refractivity contribution >= 4 is 34.4 Å². The summed E-state index contributed by atoms with van der Waals surface area (Å²) in [7, 11) is 3.43. The van der Waals surface area contributed by atoms with Gasteiger partial charge in [0, 0.05) is 27.2 Å². The molecule has 2 N–H and O–H groups in total. The second kappa shape index (κ2) is 7.73. The Kier molecular flexibility index (Phi) is 5.38. The van der Waals surface area contributed by atoms with E-state index in [9.17, 15) is 14.4 Å². The minimum Gasteiger partial charge on any atom is -0.465 e. The molecule has 9 nitrogen and oxygen atoms in total. The van der Waals surface area contributed by atoms with Gasteiger partial charge in [0.1, 0.15) is 6.54 Å². The number of hydrogen-bond acceptors (Lipinski definition) is 5. The van der Waals surface area contributed by atoms with Gasteiger partial charge in [-0.15, -0.1) is 0 Å². The molecule has 0 saturated carbocycles. The number of esters is 1. The fourth-order valence-corrected chi connectivity index (χ4v) is 3.38. The van der Waals surface area contributed by atoms with Gasteiger partial charge < -0.3 is 20.3 Å². The van der Waals surface area contributed by atoms with E-state index in [1.54, 1.807) is 36.2 Å². The summed E-state index contributed by atoms with van der Waals surface area (Å²) >= 11 is 0. The number of ether oxygens (including phenoxy) is 1. The number of fused-ring (bicyclic) bond motifs is 1. The van der Waals surface area contributed by atoms with Crippen LogP contribution in [0.25, 0.3) is 11.0 Å². The molecule has 1 aliphatic heterocycles. The largest absolute Gasteiger partial charge is 0.465 e. The average molecular weight is 375 g/mol. The van der Waals surface area contributed by atoms with Crippen molar-refractivity contribution in [2.24, 2.45) is 14.1 Å². The molecule has 0 unspecified atom stereocenters. The molecule has 0 bridgehead atoms. The number of aromatic nitrogens is 2. The molecule has 146 valence electrons. The summed E-state index contributed by atoms with van der Waals surface area (Å²) in [5.41, 5.74) is 2.88. The summed E-state index contributed by atoms with van der Waals surface area (Å²) in [4.78, 5) is 38.1. The number of urea groups is 1. The molecule has 0 spiro atoms. The number of nitrogens with zero attached hydrogens (tertiary/aromatic N) is 3. The standard InChI is InChI=1S/C18H25N5O4/c1-4-27-16(24)11-19-17(25)20-12-9-14-15(22(3)18(26)21(14)2)10-13(12)23-7-5-6-8-23/h9-10H,4-8,11H2,1-3H3,(H2,19,20,25). The zero-order valence-corrected chi connectivity index (χ0v) is 15.9. The molecule has 1 fully saturated rings. The van der Waals surface area contributed by atoms with Gasteiger partial charge in [-0.25, -0.2) is 9.59 Å². The van der Waals surface area contributed by atoms with Crippen LogP contribution < -0.4 is 21.2 Å². The van der Waals surface area contributed by atoms with E-state index in [1.807, 2.05) is 6.07 Å². The molecule has 2 amide bonds. The Morgan fingerprint density at radius 1 is 1.11 bits per heavy atom. The minimum atomic E-state index is -0.496. The van der Waals surface area contributed by atoms with Crippen LogP contribution in [0.5, 0.6) is 0 Å². The van der Waals surface area contributed by atoms with Crippen LogP contribution in [0.15, 0.2) is 16.9 Å². The van der Waals surface area contributed by atoms with Crippen LogP contribution in [0.1, 0.15) is 19.8 Å². The molecule has 2 aromatic rings. The smallest absolute Gasteiger partial charge is 0.328 e. The van der Waals surface area contributed by atoms with Crippen molar-refractivity contribution in [1.29, 1.82) is 0 Å². The number of carbonyl (C=O) groups is 2. The van der Waals surface area contributed by atoms with Crippen LogP contribution >= 0.6 is 0 Å². The lowest BCUT2D eigenvalue weighted by Crippen LogP contribution is -2.34. The van der Waals surface area contributed by atoms with Crippen molar-refractivity contribution in [3.8, 4) is 0 Å². The highest BCUT2D eigenvalue weighted by atomic mass is 16.5. The number of hydrogen-bond donors (Lipinski definition) is 2. The summed E-state index contributed by atoms with van der Waals surface area (Å²) in [6, 6.07) is 3.24. The molecular weight excluding hydrogens is 350 g/mol. The van der Waals surface area contributed by atoms with Gasteiger partial charge in [-0.2, -0.15) is 0 Å². The maximum absolute atomic E-state index is 12.3. The zero-order valence-electron chi connectivity index (χ0n) is 15.9. The molecule has 1 saturated heterocycles.